The van der Waals surface area contributed by atoms with Gasteiger partial charge in [-0.1, -0.05) is 11.6 Å². The second-order valence-electron chi connectivity index (χ2n) is 7.58. The summed E-state index contributed by atoms with van der Waals surface area (Å²) in [7, 11) is 5.27. The van der Waals surface area contributed by atoms with Gasteiger partial charge in [0.05, 0.1) is 17.4 Å². The molecule has 148 valence electrons. The van der Waals surface area contributed by atoms with Gasteiger partial charge in [-0.2, -0.15) is 0 Å². The number of piperazine rings is 1. The normalized spacial score (nSPS) is 15.5. The summed E-state index contributed by atoms with van der Waals surface area (Å²) in [5.41, 5.74) is 1.80. The van der Waals surface area contributed by atoms with E-state index in [2.05, 4.69) is 15.1 Å². The fourth-order valence-corrected chi connectivity index (χ4v) is 3.74. The molecule has 1 fully saturated rings. The third kappa shape index (κ3) is 3.01. The molecular weight excluding hydrogens is 358 g/mol. The lowest BCUT2D eigenvalue weighted by Crippen LogP contribution is -2.51. The Morgan fingerprint density at radius 3 is 2.54 bits per heavy atom. The molecule has 0 radical (unpaired) electrons. The van der Waals surface area contributed by atoms with Gasteiger partial charge in [0, 0.05) is 47.3 Å². The maximum Gasteiger partial charge on any atom is 0.319 e. The molecule has 0 aliphatic carbocycles. The monoisotopic (exact) mass is 383 g/mol. The molecule has 0 bridgehead atoms. The molecule has 0 saturated carbocycles. The maximum absolute atomic E-state index is 12.7. The van der Waals surface area contributed by atoms with Gasteiger partial charge in [-0.3, -0.25) is 18.7 Å². The summed E-state index contributed by atoms with van der Waals surface area (Å²) in [6.07, 6.45) is 0. The SMILES string of the molecule is Cc1ccc2c(c1)c(=O)n(C)c1nnc(CN3CCN(C(=O)N(C)C)CC3)n21. The zero-order chi connectivity index (χ0) is 20.0. The molecule has 1 saturated heterocycles. The number of hydrogen-bond donors (Lipinski definition) is 0. The summed E-state index contributed by atoms with van der Waals surface area (Å²) in [5.74, 6) is 1.34. The van der Waals surface area contributed by atoms with Gasteiger partial charge in [0.2, 0.25) is 5.78 Å². The van der Waals surface area contributed by atoms with E-state index in [1.807, 2.05) is 34.4 Å². The molecule has 1 aliphatic heterocycles. The Bertz CT molecular complexity index is 1110. The zero-order valence-electron chi connectivity index (χ0n) is 16.7. The Morgan fingerprint density at radius 1 is 1.14 bits per heavy atom. The molecule has 0 spiro atoms. The first kappa shape index (κ1) is 18.4. The number of carbonyl (C=O) groups is 1. The van der Waals surface area contributed by atoms with Crippen molar-refractivity contribution in [3.05, 3.63) is 39.9 Å². The topological polar surface area (TPSA) is 79.0 Å². The number of carbonyl (C=O) groups excluding carboxylic acids is 1. The average molecular weight is 383 g/mol. The molecular formula is C19H25N7O2. The number of fused-ring (bicyclic) bond motifs is 3. The Kier molecular flexibility index (Phi) is 4.54. The molecule has 2 amide bonds. The van der Waals surface area contributed by atoms with Gasteiger partial charge >= 0.3 is 6.03 Å². The van der Waals surface area contributed by atoms with Crippen molar-refractivity contribution >= 4 is 22.7 Å². The molecule has 3 aromatic rings. The van der Waals surface area contributed by atoms with Crippen LogP contribution in [0.25, 0.3) is 16.7 Å². The molecule has 0 unspecified atom stereocenters. The van der Waals surface area contributed by atoms with Crippen molar-refractivity contribution < 1.29 is 4.79 Å². The minimum Gasteiger partial charge on any atom is -0.331 e. The van der Waals surface area contributed by atoms with Crippen molar-refractivity contribution in [1.82, 2.24) is 33.9 Å². The molecule has 0 atom stereocenters. The summed E-state index contributed by atoms with van der Waals surface area (Å²) in [5, 5.41) is 9.29. The van der Waals surface area contributed by atoms with E-state index in [0.29, 0.717) is 30.8 Å². The van der Waals surface area contributed by atoms with Crippen molar-refractivity contribution in [2.75, 3.05) is 40.3 Å². The summed E-state index contributed by atoms with van der Waals surface area (Å²) in [6.45, 7) is 5.52. The number of aromatic nitrogens is 4. The highest BCUT2D eigenvalue weighted by atomic mass is 16.2. The van der Waals surface area contributed by atoms with Crippen LogP contribution in [0.4, 0.5) is 4.79 Å². The van der Waals surface area contributed by atoms with Crippen molar-refractivity contribution in [2.45, 2.75) is 13.5 Å². The highest BCUT2D eigenvalue weighted by Crippen LogP contribution is 2.17. The molecule has 3 heterocycles. The maximum atomic E-state index is 12.7. The molecule has 1 aromatic carbocycles. The Morgan fingerprint density at radius 2 is 1.86 bits per heavy atom. The molecule has 9 heteroatoms. The molecule has 4 rings (SSSR count). The summed E-state index contributed by atoms with van der Waals surface area (Å²) >= 11 is 0. The molecule has 0 N–H and O–H groups in total. The van der Waals surface area contributed by atoms with Gasteiger partial charge in [0.25, 0.3) is 5.56 Å². The van der Waals surface area contributed by atoms with Crippen LogP contribution in [0.1, 0.15) is 11.4 Å². The van der Waals surface area contributed by atoms with Crippen LogP contribution in [0.15, 0.2) is 23.0 Å². The van der Waals surface area contributed by atoms with Crippen molar-refractivity contribution in [3.8, 4) is 0 Å². The van der Waals surface area contributed by atoms with E-state index in [1.165, 1.54) is 0 Å². The van der Waals surface area contributed by atoms with Crippen LogP contribution in [-0.2, 0) is 13.6 Å². The fraction of sp³-hybridized carbons (Fsp3) is 0.474. The molecule has 28 heavy (non-hydrogen) atoms. The number of rotatable bonds is 2. The highest BCUT2D eigenvalue weighted by Gasteiger charge is 2.24. The van der Waals surface area contributed by atoms with Crippen LogP contribution in [0, 0.1) is 6.92 Å². The fourth-order valence-electron chi connectivity index (χ4n) is 3.74. The number of benzene rings is 1. The minimum absolute atomic E-state index is 0.0453. The Hall–Kier alpha value is -2.94. The van der Waals surface area contributed by atoms with E-state index in [0.717, 1.165) is 30.0 Å². The van der Waals surface area contributed by atoms with Crippen molar-refractivity contribution in [2.24, 2.45) is 7.05 Å². The molecule has 2 aromatic heterocycles. The standard InChI is InChI=1S/C19H25N7O2/c1-13-5-6-15-14(11-13)17(27)23(4)18-21-20-16(26(15)18)12-24-7-9-25(10-8-24)19(28)22(2)3/h5-6,11H,7-10,12H2,1-4H3. The lowest BCUT2D eigenvalue weighted by molar-refractivity contribution is 0.118. The predicted octanol–water partition coefficient (Wildman–Crippen LogP) is 0.689. The lowest BCUT2D eigenvalue weighted by atomic mass is 10.1. The molecule has 1 aliphatic rings. The second kappa shape index (κ2) is 6.90. The Balaban J connectivity index is 1.65. The number of urea groups is 1. The third-order valence-corrected chi connectivity index (χ3v) is 5.33. The van der Waals surface area contributed by atoms with Gasteiger partial charge in [-0.05, 0) is 19.1 Å². The lowest BCUT2D eigenvalue weighted by Gasteiger charge is -2.35. The number of nitrogens with zero attached hydrogens (tertiary/aromatic N) is 7. The third-order valence-electron chi connectivity index (χ3n) is 5.33. The first-order valence-corrected chi connectivity index (χ1v) is 9.39. The van der Waals surface area contributed by atoms with Crippen LogP contribution in [0.5, 0.6) is 0 Å². The van der Waals surface area contributed by atoms with Crippen LogP contribution in [-0.4, -0.2) is 80.2 Å². The van der Waals surface area contributed by atoms with Crippen molar-refractivity contribution in [1.29, 1.82) is 0 Å². The van der Waals surface area contributed by atoms with Crippen LogP contribution >= 0.6 is 0 Å². The predicted molar refractivity (Wildman–Crippen MR) is 106 cm³/mol. The van der Waals surface area contributed by atoms with Crippen LogP contribution in [0.3, 0.4) is 0 Å². The van der Waals surface area contributed by atoms with E-state index >= 15 is 0 Å². The van der Waals surface area contributed by atoms with E-state index in [1.54, 1.807) is 30.6 Å². The van der Waals surface area contributed by atoms with E-state index < -0.39 is 0 Å². The first-order chi connectivity index (χ1) is 13.4. The van der Waals surface area contributed by atoms with Crippen LogP contribution < -0.4 is 5.56 Å². The molecule has 9 nitrogen and oxygen atoms in total. The smallest absolute Gasteiger partial charge is 0.319 e. The zero-order valence-corrected chi connectivity index (χ0v) is 16.7. The quantitative estimate of drug-likeness (QED) is 0.651. The largest absolute Gasteiger partial charge is 0.331 e. The number of hydrogen-bond acceptors (Lipinski definition) is 5. The summed E-state index contributed by atoms with van der Waals surface area (Å²) in [4.78, 5) is 30.5. The van der Waals surface area contributed by atoms with E-state index in [4.69, 9.17) is 0 Å². The highest BCUT2D eigenvalue weighted by molar-refractivity contribution is 5.81. The first-order valence-electron chi connectivity index (χ1n) is 9.39. The second-order valence-corrected chi connectivity index (χ2v) is 7.58. The van der Waals surface area contributed by atoms with Gasteiger partial charge in [0.15, 0.2) is 5.82 Å². The summed E-state index contributed by atoms with van der Waals surface area (Å²) < 4.78 is 3.51. The van der Waals surface area contributed by atoms with Crippen LogP contribution in [0.2, 0.25) is 0 Å². The minimum atomic E-state index is -0.0686. The number of amides is 2. The van der Waals surface area contributed by atoms with Gasteiger partial charge in [0.1, 0.15) is 0 Å². The number of aryl methyl sites for hydroxylation is 2. The Labute approximate surface area is 162 Å². The summed E-state index contributed by atoms with van der Waals surface area (Å²) in [6, 6.07) is 5.91. The van der Waals surface area contributed by atoms with Gasteiger partial charge in [-0.25, -0.2) is 4.79 Å². The van der Waals surface area contributed by atoms with Gasteiger partial charge < -0.3 is 9.80 Å². The van der Waals surface area contributed by atoms with Crippen molar-refractivity contribution in [3.63, 3.8) is 0 Å². The van der Waals surface area contributed by atoms with E-state index in [-0.39, 0.29) is 11.6 Å². The van der Waals surface area contributed by atoms with E-state index in [9.17, 15) is 9.59 Å². The van der Waals surface area contributed by atoms with Gasteiger partial charge in [-0.15, -0.1) is 10.2 Å². The average Bonchev–Trinajstić information content (AvgIpc) is 3.10.